The van der Waals surface area contributed by atoms with E-state index in [1.54, 1.807) is 7.17 Å². The van der Waals surface area contributed by atoms with Crippen LogP contribution in [0, 0.1) is 0 Å². The topological polar surface area (TPSA) is 0 Å². The van der Waals surface area contributed by atoms with Crippen molar-refractivity contribution in [2.24, 2.45) is 0 Å². The summed E-state index contributed by atoms with van der Waals surface area (Å²) in [5.41, 5.74) is 0. The average Bonchev–Trinajstić information content (AvgIpc) is 1.61. The third kappa shape index (κ3) is 10.4. The molecule has 0 spiro atoms. The van der Waals surface area contributed by atoms with Gasteiger partial charge < -0.3 is 0 Å². The van der Waals surface area contributed by atoms with Crippen molar-refractivity contribution >= 4 is 45.2 Å². The Bertz CT molecular complexity index is 44.3. The molecule has 0 amide bonds. The van der Waals surface area contributed by atoms with Crippen molar-refractivity contribution in [2.45, 2.75) is 11.2 Å². The van der Waals surface area contributed by atoms with E-state index in [-0.39, 0.29) is 25.9 Å². The van der Waals surface area contributed by atoms with Gasteiger partial charge in [0, 0.05) is 35.9 Å². The van der Waals surface area contributed by atoms with Crippen molar-refractivity contribution in [3.05, 3.63) is 0 Å². The van der Waals surface area contributed by atoms with Crippen LogP contribution < -0.4 is 0 Å². The molecule has 0 saturated heterocycles. The second-order valence-corrected chi connectivity index (χ2v) is 2.33. The van der Waals surface area contributed by atoms with E-state index in [0.717, 1.165) is 0 Å². The Labute approximate surface area is 77.2 Å². The van der Waals surface area contributed by atoms with Crippen molar-refractivity contribution in [1.82, 2.24) is 0 Å². The maximum atomic E-state index is 5.32. The van der Waals surface area contributed by atoms with Crippen molar-refractivity contribution in [3.63, 3.8) is 0 Å². The molecular formula is C2H3B3Cl2Pt. The Morgan fingerprint density at radius 3 is 2.12 bits per heavy atom. The van der Waals surface area contributed by atoms with Crippen LogP contribution in [0.15, 0.2) is 0 Å². The molecule has 0 atom stereocenters. The van der Waals surface area contributed by atoms with Gasteiger partial charge in [-0.1, -0.05) is 6.32 Å². The van der Waals surface area contributed by atoms with E-state index in [2.05, 4.69) is 0 Å². The normalized spacial score (nSPS) is 7.88. The Balaban J connectivity index is 0. The van der Waals surface area contributed by atoms with Crippen LogP contribution in [0.3, 0.4) is 0 Å². The van der Waals surface area contributed by atoms with Gasteiger partial charge in [-0.15, -0.1) is 23.2 Å². The number of hydrogen-bond donors (Lipinski definition) is 0. The first-order valence-electron chi connectivity index (χ1n) is 1.92. The Hall–Kier alpha value is 1.46. The summed E-state index contributed by atoms with van der Waals surface area (Å²) in [7, 11) is 8.12. The first kappa shape index (κ1) is 12.2. The predicted molar refractivity (Wildman–Crippen MR) is 37.6 cm³/mol. The van der Waals surface area contributed by atoms with Gasteiger partial charge in [-0.25, -0.2) is 0 Å². The van der Waals surface area contributed by atoms with Gasteiger partial charge in [-0.3, -0.25) is 0 Å². The van der Waals surface area contributed by atoms with Gasteiger partial charge in [-0.05, 0) is 0 Å². The van der Waals surface area contributed by atoms with Crippen molar-refractivity contribution in [3.8, 4) is 0 Å². The van der Waals surface area contributed by atoms with Crippen LogP contribution >= 0.6 is 23.2 Å². The zero-order chi connectivity index (χ0) is 5.70. The molecule has 6 heteroatoms. The summed E-state index contributed by atoms with van der Waals surface area (Å²) in [5, 5.41) is 0. The van der Waals surface area contributed by atoms with Crippen LogP contribution in [0.1, 0.15) is 0 Å². The molecule has 0 aliphatic rings. The molecule has 0 aliphatic carbocycles. The Kier molecular flexibility index (Phi) is 12.9. The molecule has 0 aromatic rings. The third-order valence-electron chi connectivity index (χ3n) is 0.450. The molecule has 44 valence electrons. The van der Waals surface area contributed by atoms with Gasteiger partial charge in [0.1, 0.15) is 0 Å². The Morgan fingerprint density at radius 1 is 1.50 bits per heavy atom. The van der Waals surface area contributed by atoms with Gasteiger partial charge in [0.25, 0.3) is 0 Å². The van der Waals surface area contributed by atoms with Crippen molar-refractivity contribution in [1.29, 1.82) is 0 Å². The summed E-state index contributed by atoms with van der Waals surface area (Å²) in [5.74, 6) is 0. The zero-order valence-corrected chi connectivity index (χ0v) is 7.87. The predicted octanol–water partition coefficient (Wildman–Crippen LogP) is 0.613. The fourth-order valence-electron chi connectivity index (χ4n) is 0.181. The molecule has 0 saturated carbocycles. The third-order valence-corrected chi connectivity index (χ3v) is 0.807. The second-order valence-electron chi connectivity index (χ2n) is 1.05. The molecule has 0 aromatic carbocycles. The molecule has 0 heterocycles. The molecular weight excluding hydrogens is 322 g/mol. The van der Waals surface area contributed by atoms with Crippen LogP contribution in [0.4, 0.5) is 0 Å². The van der Waals surface area contributed by atoms with Crippen molar-refractivity contribution < 1.29 is 21.1 Å². The summed E-state index contributed by atoms with van der Waals surface area (Å²) in [6, 6.07) is 0. The van der Waals surface area contributed by atoms with E-state index < -0.39 is 0 Å². The molecule has 0 unspecified atom stereocenters. The van der Waals surface area contributed by atoms with Gasteiger partial charge in [0.2, 0.25) is 0 Å². The minimum absolute atomic E-state index is 0. The molecule has 0 rings (SSSR count). The number of alkyl halides is 2. The first-order valence-corrected chi connectivity index (χ1v) is 2.79. The van der Waals surface area contributed by atoms with E-state index in [1.165, 1.54) is 7.06 Å². The van der Waals surface area contributed by atoms with E-state index in [9.17, 15) is 0 Å². The summed E-state index contributed by atoms with van der Waals surface area (Å²) in [6.45, 7) is 0. The van der Waals surface area contributed by atoms with Crippen LogP contribution in [0.25, 0.3) is 0 Å². The van der Waals surface area contributed by atoms with Gasteiger partial charge in [0.15, 0.2) is 0 Å². The van der Waals surface area contributed by atoms with Crippen LogP contribution in [-0.2, 0) is 21.1 Å². The monoisotopic (exact) mass is 325 g/mol. The smallest absolute Gasteiger partial charge is 0.0997 e. The van der Waals surface area contributed by atoms with E-state index in [4.69, 9.17) is 30.9 Å². The van der Waals surface area contributed by atoms with Gasteiger partial charge in [-0.2, -0.15) is 0 Å². The fourth-order valence-corrected chi connectivity index (χ4v) is 0.387. The number of rotatable bonds is 3. The molecule has 0 bridgehead atoms. The number of hydrogen-bond acceptors (Lipinski definition) is 0. The molecule has 4 radical (unpaired) electrons. The molecule has 0 aliphatic heterocycles. The average molecular weight is 325 g/mol. The maximum absolute atomic E-state index is 5.32. The van der Waals surface area contributed by atoms with Crippen LogP contribution in [-0.4, -0.2) is 26.8 Å². The maximum Gasteiger partial charge on any atom is 0.0997 e. The first-order chi connectivity index (χ1) is 3.27. The largest absolute Gasteiger partial charge is 0.106 e. The quantitative estimate of drug-likeness (QED) is 0.527. The molecule has 8 heavy (non-hydrogen) atoms. The standard InChI is InChI=1S/C2H3B3Cl2.Pt/c3-5-4-1-2(6)7;/h2H,1H2;. The molecule has 0 nitrogen and oxygen atoms in total. The van der Waals surface area contributed by atoms with Crippen molar-refractivity contribution in [2.75, 3.05) is 0 Å². The van der Waals surface area contributed by atoms with Crippen LogP contribution in [0.2, 0.25) is 6.32 Å². The van der Waals surface area contributed by atoms with Gasteiger partial charge in [0.05, 0.1) is 12.0 Å². The minimum atomic E-state index is -0.320. The van der Waals surface area contributed by atoms with E-state index in [0.29, 0.717) is 6.32 Å². The zero-order valence-electron chi connectivity index (χ0n) is 4.09. The number of halogens is 2. The van der Waals surface area contributed by atoms with E-state index in [1.807, 2.05) is 0 Å². The van der Waals surface area contributed by atoms with Gasteiger partial charge >= 0.3 is 0 Å². The summed E-state index contributed by atoms with van der Waals surface area (Å²) in [6.07, 6.45) is 0.625. The SMILES string of the molecule is [B][B][B]CC(Cl)Cl.[Pt]. The van der Waals surface area contributed by atoms with Crippen LogP contribution in [0.5, 0.6) is 0 Å². The minimum Gasteiger partial charge on any atom is -0.106 e. The van der Waals surface area contributed by atoms with E-state index >= 15 is 0 Å². The second kappa shape index (κ2) is 8.46. The summed E-state index contributed by atoms with van der Waals surface area (Å²) < 4.78 is 0. The fraction of sp³-hybridized carbons (Fsp3) is 1.00. The summed E-state index contributed by atoms with van der Waals surface area (Å²) >= 11 is 10.6. The molecule has 0 fully saturated rings. The molecule has 0 N–H and O–H groups in total. The summed E-state index contributed by atoms with van der Waals surface area (Å²) in [4.78, 5) is -0.320. The molecule has 0 aromatic heterocycles. The Morgan fingerprint density at radius 2 is 2.00 bits per heavy atom.